The number of nitrogens with one attached hydrogen (secondary N) is 1. The van der Waals surface area contributed by atoms with Crippen LogP contribution in [-0.2, 0) is 6.54 Å². The maximum Gasteiger partial charge on any atom is 0.227 e. The quantitative estimate of drug-likeness (QED) is 0.764. The lowest BCUT2D eigenvalue weighted by molar-refractivity contribution is 0.410. The van der Waals surface area contributed by atoms with Gasteiger partial charge in [-0.3, -0.25) is 0 Å². The molecule has 0 unspecified atom stereocenters. The molecule has 1 aromatic heterocycles. The molecule has 0 saturated carbocycles. The molecule has 1 aromatic carbocycles. The van der Waals surface area contributed by atoms with Crippen molar-refractivity contribution in [3.63, 3.8) is 0 Å². The van der Waals surface area contributed by atoms with Gasteiger partial charge in [0.05, 0.1) is 7.11 Å². The van der Waals surface area contributed by atoms with Gasteiger partial charge in [-0.25, -0.2) is 4.98 Å². The summed E-state index contributed by atoms with van der Waals surface area (Å²) in [4.78, 5) is 11.3. The van der Waals surface area contributed by atoms with E-state index in [0.29, 0.717) is 6.54 Å². The number of ether oxygens (including phenoxy) is 1. The van der Waals surface area contributed by atoms with Gasteiger partial charge in [0.2, 0.25) is 5.95 Å². The van der Waals surface area contributed by atoms with E-state index in [1.165, 1.54) is 0 Å². The van der Waals surface area contributed by atoms with Gasteiger partial charge in [-0.05, 0) is 25.0 Å². The zero-order valence-corrected chi connectivity index (χ0v) is 14.2. The highest BCUT2D eigenvalue weighted by molar-refractivity contribution is 5.43. The van der Waals surface area contributed by atoms with Gasteiger partial charge in [-0.1, -0.05) is 32.0 Å². The summed E-state index contributed by atoms with van der Waals surface area (Å²) in [5.74, 6) is 2.50. The summed E-state index contributed by atoms with van der Waals surface area (Å²) >= 11 is 0. The average molecular weight is 314 g/mol. The van der Waals surface area contributed by atoms with Crippen LogP contribution in [0.1, 0.15) is 32.3 Å². The predicted octanol–water partition coefficient (Wildman–Crippen LogP) is 3.72. The van der Waals surface area contributed by atoms with Crippen molar-refractivity contribution >= 4 is 11.8 Å². The number of methoxy groups -OCH3 is 1. The minimum Gasteiger partial charge on any atom is -0.496 e. The summed E-state index contributed by atoms with van der Waals surface area (Å²) < 4.78 is 5.38. The SMILES string of the molecule is CCCN(CCC)c1nccc(NCc2ccccc2OC)n1. The molecular formula is C18H26N4O. The number of benzene rings is 1. The summed E-state index contributed by atoms with van der Waals surface area (Å²) in [5.41, 5.74) is 1.11. The van der Waals surface area contributed by atoms with Gasteiger partial charge in [0.15, 0.2) is 0 Å². The Hall–Kier alpha value is -2.30. The Balaban J connectivity index is 2.07. The van der Waals surface area contributed by atoms with Crippen molar-refractivity contribution in [1.82, 2.24) is 9.97 Å². The van der Waals surface area contributed by atoms with E-state index in [1.54, 1.807) is 7.11 Å². The Morgan fingerprint density at radius 3 is 2.52 bits per heavy atom. The maximum atomic E-state index is 5.38. The fraction of sp³-hybridized carbons (Fsp3) is 0.444. The Labute approximate surface area is 138 Å². The van der Waals surface area contributed by atoms with Crippen LogP contribution < -0.4 is 15.0 Å². The van der Waals surface area contributed by atoms with Crippen LogP contribution in [0, 0.1) is 0 Å². The topological polar surface area (TPSA) is 50.3 Å². The van der Waals surface area contributed by atoms with Crippen LogP contribution in [0.4, 0.5) is 11.8 Å². The normalized spacial score (nSPS) is 10.4. The van der Waals surface area contributed by atoms with E-state index < -0.39 is 0 Å². The molecule has 0 aliphatic rings. The molecular weight excluding hydrogens is 288 g/mol. The summed E-state index contributed by atoms with van der Waals surface area (Å²) in [6, 6.07) is 9.89. The van der Waals surface area contributed by atoms with Gasteiger partial charge in [0.1, 0.15) is 11.6 Å². The number of hydrogen-bond acceptors (Lipinski definition) is 5. The van der Waals surface area contributed by atoms with Crippen molar-refractivity contribution in [1.29, 1.82) is 0 Å². The van der Waals surface area contributed by atoms with Crippen molar-refractivity contribution in [3.8, 4) is 5.75 Å². The number of anilines is 2. The molecule has 2 aromatic rings. The lowest BCUT2D eigenvalue weighted by Crippen LogP contribution is -2.27. The van der Waals surface area contributed by atoms with Crippen molar-refractivity contribution in [2.24, 2.45) is 0 Å². The molecule has 0 atom stereocenters. The zero-order valence-electron chi connectivity index (χ0n) is 14.2. The maximum absolute atomic E-state index is 5.38. The summed E-state index contributed by atoms with van der Waals surface area (Å²) in [6.07, 6.45) is 3.98. The minimum atomic E-state index is 0.669. The number of nitrogens with zero attached hydrogens (tertiary/aromatic N) is 3. The molecule has 5 nitrogen and oxygen atoms in total. The number of aromatic nitrogens is 2. The van der Waals surface area contributed by atoms with Gasteiger partial charge in [0, 0.05) is 31.4 Å². The van der Waals surface area contributed by atoms with Crippen LogP contribution >= 0.6 is 0 Å². The minimum absolute atomic E-state index is 0.669. The molecule has 1 N–H and O–H groups in total. The summed E-state index contributed by atoms with van der Waals surface area (Å²) in [6.45, 7) is 6.97. The third-order valence-electron chi connectivity index (χ3n) is 3.57. The van der Waals surface area contributed by atoms with Gasteiger partial charge >= 0.3 is 0 Å². The Kier molecular flexibility index (Phi) is 6.66. The second kappa shape index (κ2) is 8.98. The van der Waals surface area contributed by atoms with E-state index in [-0.39, 0.29) is 0 Å². The first-order valence-corrected chi connectivity index (χ1v) is 8.22. The van der Waals surface area contributed by atoms with E-state index >= 15 is 0 Å². The molecule has 0 radical (unpaired) electrons. The second-order valence-corrected chi connectivity index (χ2v) is 5.39. The molecule has 0 aliphatic heterocycles. The second-order valence-electron chi connectivity index (χ2n) is 5.39. The van der Waals surface area contributed by atoms with Gasteiger partial charge in [0.25, 0.3) is 0 Å². The molecule has 1 heterocycles. The molecule has 23 heavy (non-hydrogen) atoms. The number of hydrogen-bond donors (Lipinski definition) is 1. The van der Waals surface area contributed by atoms with E-state index in [4.69, 9.17) is 4.74 Å². The molecule has 0 spiro atoms. The highest BCUT2D eigenvalue weighted by Gasteiger charge is 2.09. The van der Waals surface area contributed by atoms with Gasteiger partial charge < -0.3 is 15.0 Å². The van der Waals surface area contributed by atoms with E-state index in [2.05, 4.69) is 40.1 Å². The van der Waals surface area contributed by atoms with Crippen molar-refractivity contribution in [2.45, 2.75) is 33.2 Å². The molecule has 2 rings (SSSR count). The number of para-hydroxylation sites is 1. The van der Waals surface area contributed by atoms with E-state index in [9.17, 15) is 0 Å². The molecule has 0 amide bonds. The molecule has 0 fully saturated rings. The first-order valence-electron chi connectivity index (χ1n) is 8.22. The Bertz CT molecular complexity index is 597. The van der Waals surface area contributed by atoms with Gasteiger partial charge in [-0.15, -0.1) is 0 Å². The summed E-state index contributed by atoms with van der Waals surface area (Å²) in [5, 5.41) is 3.36. The van der Waals surface area contributed by atoms with Gasteiger partial charge in [-0.2, -0.15) is 4.98 Å². The third kappa shape index (κ3) is 4.84. The van der Waals surface area contributed by atoms with Crippen LogP contribution in [0.5, 0.6) is 5.75 Å². The monoisotopic (exact) mass is 314 g/mol. The third-order valence-corrected chi connectivity index (χ3v) is 3.57. The van der Waals surface area contributed by atoms with Crippen LogP contribution in [0.25, 0.3) is 0 Å². The van der Waals surface area contributed by atoms with Crippen LogP contribution in [-0.4, -0.2) is 30.2 Å². The first-order chi connectivity index (χ1) is 11.3. The lowest BCUT2D eigenvalue weighted by Gasteiger charge is -2.21. The molecule has 0 bridgehead atoms. The smallest absolute Gasteiger partial charge is 0.227 e. The molecule has 0 aliphatic carbocycles. The largest absolute Gasteiger partial charge is 0.496 e. The predicted molar refractivity (Wildman–Crippen MR) is 95.1 cm³/mol. The highest BCUT2D eigenvalue weighted by Crippen LogP contribution is 2.19. The van der Waals surface area contributed by atoms with E-state index in [1.807, 2.05) is 30.5 Å². The van der Waals surface area contributed by atoms with Crippen molar-refractivity contribution in [2.75, 3.05) is 30.4 Å². The lowest BCUT2D eigenvalue weighted by atomic mass is 10.2. The van der Waals surface area contributed by atoms with Crippen molar-refractivity contribution < 1.29 is 4.74 Å². The van der Waals surface area contributed by atoms with Crippen LogP contribution in [0.15, 0.2) is 36.5 Å². The van der Waals surface area contributed by atoms with Crippen LogP contribution in [0.2, 0.25) is 0 Å². The van der Waals surface area contributed by atoms with E-state index in [0.717, 1.165) is 49.0 Å². The summed E-state index contributed by atoms with van der Waals surface area (Å²) in [7, 11) is 1.69. The van der Waals surface area contributed by atoms with Crippen molar-refractivity contribution in [3.05, 3.63) is 42.1 Å². The zero-order chi connectivity index (χ0) is 16.5. The number of rotatable bonds is 9. The first kappa shape index (κ1) is 17.1. The highest BCUT2D eigenvalue weighted by atomic mass is 16.5. The standard InChI is InChI=1S/C18H26N4O/c1-4-12-22(13-5-2)18-19-11-10-17(21-18)20-14-15-8-6-7-9-16(15)23-3/h6-11H,4-5,12-14H2,1-3H3,(H,19,20,21). The Morgan fingerprint density at radius 2 is 1.83 bits per heavy atom. The molecule has 5 heteroatoms. The van der Waals surface area contributed by atoms with Crippen LogP contribution in [0.3, 0.4) is 0 Å². The fourth-order valence-electron chi connectivity index (χ4n) is 2.49. The fourth-order valence-corrected chi connectivity index (χ4v) is 2.49. The molecule has 0 saturated heterocycles. The molecule has 124 valence electrons. The average Bonchev–Trinajstić information content (AvgIpc) is 2.60. The Morgan fingerprint density at radius 1 is 1.09 bits per heavy atom.